The van der Waals surface area contributed by atoms with Crippen LogP contribution in [0, 0.1) is 0 Å². The molecule has 0 aliphatic carbocycles. The van der Waals surface area contributed by atoms with Crippen molar-refractivity contribution in [3.8, 4) is 0 Å². The molecule has 7 heteroatoms. The van der Waals surface area contributed by atoms with Gasteiger partial charge in [0, 0.05) is 15.6 Å². The first kappa shape index (κ1) is 16.7. The Hall–Kier alpha value is -2.15. The normalized spacial score (nSPS) is 14.9. The molecule has 0 aromatic heterocycles. The van der Waals surface area contributed by atoms with Crippen molar-refractivity contribution in [2.45, 2.75) is 6.18 Å². The van der Waals surface area contributed by atoms with Gasteiger partial charge in [0.2, 0.25) is 5.91 Å². The van der Waals surface area contributed by atoms with Gasteiger partial charge in [-0.05, 0) is 12.1 Å². The predicted octanol–water partition coefficient (Wildman–Crippen LogP) is 4.20. The van der Waals surface area contributed by atoms with Gasteiger partial charge in [-0.15, -0.1) is 0 Å². The van der Waals surface area contributed by atoms with E-state index in [0.29, 0.717) is 11.3 Å². The SMILES string of the molecule is O=C1CN=C(c2ccccc2Br)c2ccccc2N1CC(F)(F)F. The lowest BCUT2D eigenvalue weighted by atomic mass is 10.0. The number of halogens is 4. The van der Waals surface area contributed by atoms with Crippen LogP contribution in [-0.2, 0) is 4.79 Å². The Bertz CT molecular complexity index is 817. The topological polar surface area (TPSA) is 32.7 Å². The van der Waals surface area contributed by atoms with Crippen LogP contribution in [0.2, 0.25) is 0 Å². The number of rotatable bonds is 2. The van der Waals surface area contributed by atoms with Crippen molar-refractivity contribution in [1.82, 2.24) is 0 Å². The summed E-state index contributed by atoms with van der Waals surface area (Å²) in [6.45, 7) is -1.66. The van der Waals surface area contributed by atoms with Crippen LogP contribution in [0.4, 0.5) is 18.9 Å². The van der Waals surface area contributed by atoms with Crippen molar-refractivity contribution >= 4 is 33.2 Å². The maximum absolute atomic E-state index is 12.9. The average molecular weight is 397 g/mol. The number of aliphatic imine (C=N–C) groups is 1. The first-order chi connectivity index (χ1) is 11.4. The fraction of sp³-hybridized carbons (Fsp3) is 0.176. The number of hydrogen-bond acceptors (Lipinski definition) is 2. The molecule has 0 bridgehead atoms. The van der Waals surface area contributed by atoms with E-state index in [1.54, 1.807) is 18.2 Å². The summed E-state index contributed by atoms with van der Waals surface area (Å²) in [7, 11) is 0. The molecule has 24 heavy (non-hydrogen) atoms. The summed E-state index contributed by atoms with van der Waals surface area (Å²) in [6.07, 6.45) is -4.49. The molecule has 0 spiro atoms. The monoisotopic (exact) mass is 396 g/mol. The Morgan fingerprint density at radius 1 is 1.04 bits per heavy atom. The quantitative estimate of drug-likeness (QED) is 0.748. The number of para-hydroxylation sites is 1. The fourth-order valence-electron chi connectivity index (χ4n) is 2.60. The minimum Gasteiger partial charge on any atom is -0.301 e. The van der Waals surface area contributed by atoms with Crippen molar-refractivity contribution in [3.05, 3.63) is 64.1 Å². The van der Waals surface area contributed by atoms with Crippen LogP contribution >= 0.6 is 15.9 Å². The third-order valence-electron chi connectivity index (χ3n) is 3.59. The summed E-state index contributed by atoms with van der Waals surface area (Å²) < 4.78 is 39.4. The molecule has 1 heterocycles. The molecule has 2 aromatic carbocycles. The second-order valence-electron chi connectivity index (χ2n) is 5.26. The highest BCUT2D eigenvalue weighted by Crippen LogP contribution is 2.31. The molecule has 3 nitrogen and oxygen atoms in total. The molecule has 1 aliphatic heterocycles. The zero-order valence-corrected chi connectivity index (χ0v) is 13.9. The molecule has 2 aromatic rings. The van der Waals surface area contributed by atoms with E-state index in [-0.39, 0.29) is 12.2 Å². The molecule has 1 aliphatic rings. The summed E-state index contributed by atoms with van der Waals surface area (Å²) in [5.74, 6) is -0.679. The number of amides is 1. The number of carbonyl (C=O) groups is 1. The number of hydrogen-bond donors (Lipinski definition) is 0. The summed E-state index contributed by atoms with van der Waals surface area (Å²) >= 11 is 3.43. The van der Waals surface area contributed by atoms with Crippen molar-refractivity contribution in [2.75, 3.05) is 18.0 Å². The number of fused-ring (bicyclic) bond motifs is 1. The second-order valence-corrected chi connectivity index (χ2v) is 6.11. The van der Waals surface area contributed by atoms with Gasteiger partial charge in [-0.1, -0.05) is 52.3 Å². The summed E-state index contributed by atoms with van der Waals surface area (Å²) in [6, 6.07) is 13.8. The summed E-state index contributed by atoms with van der Waals surface area (Å²) in [4.78, 5) is 17.3. The Kier molecular flexibility index (Phi) is 4.45. The van der Waals surface area contributed by atoms with Crippen LogP contribution in [0.3, 0.4) is 0 Å². The number of nitrogens with zero attached hydrogens (tertiary/aromatic N) is 2. The molecular weight excluding hydrogens is 385 g/mol. The highest BCUT2D eigenvalue weighted by Gasteiger charge is 2.36. The molecular formula is C17H12BrF3N2O. The van der Waals surface area contributed by atoms with Crippen LogP contribution in [0.5, 0.6) is 0 Å². The first-order valence-corrected chi connectivity index (χ1v) is 7.92. The Morgan fingerprint density at radius 2 is 1.67 bits per heavy atom. The van der Waals surface area contributed by atoms with E-state index in [0.717, 1.165) is 14.9 Å². The van der Waals surface area contributed by atoms with Crippen LogP contribution in [0.25, 0.3) is 0 Å². The lowest BCUT2D eigenvalue weighted by Crippen LogP contribution is -2.40. The molecule has 0 saturated carbocycles. The standard InChI is InChI=1S/C17H12BrF3N2O/c18-13-7-3-1-5-11(13)16-12-6-2-4-8-14(12)23(10-17(19,20)21)15(24)9-22-16/h1-8H,9-10H2. The lowest BCUT2D eigenvalue weighted by Gasteiger charge is -2.24. The maximum atomic E-state index is 12.9. The average Bonchev–Trinajstić information content (AvgIpc) is 2.65. The molecule has 0 N–H and O–H groups in total. The van der Waals surface area contributed by atoms with Crippen LogP contribution in [0.15, 0.2) is 58.0 Å². The van der Waals surface area contributed by atoms with Crippen LogP contribution < -0.4 is 4.90 Å². The predicted molar refractivity (Wildman–Crippen MR) is 89.5 cm³/mol. The first-order valence-electron chi connectivity index (χ1n) is 7.13. The summed E-state index contributed by atoms with van der Waals surface area (Å²) in [5.41, 5.74) is 1.94. The van der Waals surface area contributed by atoms with Gasteiger partial charge < -0.3 is 4.90 Å². The van der Waals surface area contributed by atoms with Crippen LogP contribution in [-0.4, -0.2) is 30.9 Å². The van der Waals surface area contributed by atoms with Crippen molar-refractivity contribution < 1.29 is 18.0 Å². The van der Waals surface area contributed by atoms with E-state index in [1.807, 2.05) is 24.3 Å². The number of benzodiazepines with no additional fused rings is 1. The zero-order chi connectivity index (χ0) is 17.3. The zero-order valence-electron chi connectivity index (χ0n) is 12.3. The highest BCUT2D eigenvalue weighted by molar-refractivity contribution is 9.10. The van der Waals surface area contributed by atoms with E-state index in [1.165, 1.54) is 6.07 Å². The molecule has 124 valence electrons. The van der Waals surface area contributed by atoms with Crippen molar-refractivity contribution in [2.24, 2.45) is 4.99 Å². The van der Waals surface area contributed by atoms with E-state index >= 15 is 0 Å². The Labute approximate surface area is 144 Å². The van der Waals surface area contributed by atoms with E-state index in [2.05, 4.69) is 20.9 Å². The third-order valence-corrected chi connectivity index (χ3v) is 4.28. The van der Waals surface area contributed by atoms with Gasteiger partial charge in [-0.2, -0.15) is 13.2 Å². The van der Waals surface area contributed by atoms with E-state index in [4.69, 9.17) is 0 Å². The number of alkyl halides is 3. The molecule has 0 fully saturated rings. The van der Waals surface area contributed by atoms with Gasteiger partial charge in [-0.25, -0.2) is 0 Å². The second kappa shape index (κ2) is 6.39. The van der Waals surface area contributed by atoms with Crippen LogP contribution in [0.1, 0.15) is 11.1 Å². The van der Waals surface area contributed by atoms with Gasteiger partial charge in [0.15, 0.2) is 0 Å². The number of benzene rings is 2. The van der Waals surface area contributed by atoms with E-state index < -0.39 is 18.6 Å². The van der Waals surface area contributed by atoms with Gasteiger partial charge in [0.25, 0.3) is 0 Å². The Balaban J connectivity index is 2.15. The Morgan fingerprint density at radius 3 is 2.33 bits per heavy atom. The van der Waals surface area contributed by atoms with Gasteiger partial charge in [0.05, 0.1) is 11.4 Å². The summed E-state index contributed by atoms with van der Waals surface area (Å²) in [5, 5.41) is 0. The molecule has 0 atom stereocenters. The maximum Gasteiger partial charge on any atom is 0.406 e. The smallest absolute Gasteiger partial charge is 0.301 e. The van der Waals surface area contributed by atoms with Gasteiger partial charge in [0.1, 0.15) is 13.1 Å². The molecule has 3 rings (SSSR count). The minimum absolute atomic E-state index is 0.215. The third kappa shape index (κ3) is 3.36. The molecule has 0 radical (unpaired) electrons. The minimum atomic E-state index is -4.49. The molecule has 0 saturated heterocycles. The van der Waals surface area contributed by atoms with Gasteiger partial charge >= 0.3 is 6.18 Å². The largest absolute Gasteiger partial charge is 0.406 e. The number of carbonyl (C=O) groups excluding carboxylic acids is 1. The van der Waals surface area contributed by atoms with Crippen molar-refractivity contribution in [1.29, 1.82) is 0 Å². The lowest BCUT2D eigenvalue weighted by molar-refractivity contribution is -0.131. The molecule has 1 amide bonds. The van der Waals surface area contributed by atoms with Gasteiger partial charge in [-0.3, -0.25) is 9.79 Å². The number of anilines is 1. The molecule has 0 unspecified atom stereocenters. The highest BCUT2D eigenvalue weighted by atomic mass is 79.9. The van der Waals surface area contributed by atoms with E-state index in [9.17, 15) is 18.0 Å². The van der Waals surface area contributed by atoms with Crippen molar-refractivity contribution in [3.63, 3.8) is 0 Å². The fourth-order valence-corrected chi connectivity index (χ4v) is 3.07.